The molecule has 2 heterocycles. The molecule has 2 aromatic rings. The van der Waals surface area contributed by atoms with Crippen LogP contribution in [0.5, 0.6) is 0 Å². The van der Waals surface area contributed by atoms with Crippen LogP contribution in [0.25, 0.3) is 0 Å². The number of carbonyl (C=O) groups excluding carboxylic acids is 2. The van der Waals surface area contributed by atoms with Gasteiger partial charge in [0.25, 0.3) is 0 Å². The lowest BCUT2D eigenvalue weighted by atomic mass is 9.96. The first-order valence-corrected chi connectivity index (χ1v) is 12.8. The van der Waals surface area contributed by atoms with Crippen LogP contribution in [0, 0.1) is 5.92 Å². The van der Waals surface area contributed by atoms with Gasteiger partial charge in [-0.3, -0.25) is 14.5 Å². The number of halogens is 1. The molecule has 2 amide bonds. The summed E-state index contributed by atoms with van der Waals surface area (Å²) in [4.78, 5) is 32.1. The number of anilines is 1. The van der Waals surface area contributed by atoms with E-state index in [1.54, 1.807) is 0 Å². The molecule has 2 saturated heterocycles. The Bertz CT molecular complexity index is 947. The molecule has 4 rings (SSSR count). The van der Waals surface area contributed by atoms with Crippen LogP contribution >= 0.6 is 11.6 Å². The number of para-hydroxylation sites is 1. The molecule has 182 valence electrons. The fourth-order valence-electron chi connectivity index (χ4n) is 4.88. The van der Waals surface area contributed by atoms with Crippen LogP contribution in [0.3, 0.4) is 0 Å². The zero-order valence-electron chi connectivity index (χ0n) is 19.8. The van der Waals surface area contributed by atoms with Gasteiger partial charge < -0.3 is 15.1 Å². The van der Waals surface area contributed by atoms with Crippen molar-refractivity contribution in [3.8, 4) is 0 Å². The second-order valence-electron chi connectivity index (χ2n) is 9.27. The fraction of sp³-hybridized carbons (Fsp3) is 0.481. The lowest BCUT2D eigenvalue weighted by Crippen LogP contribution is -2.48. The molecule has 1 atom stereocenters. The minimum atomic E-state index is -0.104. The van der Waals surface area contributed by atoms with Crippen LogP contribution in [0.2, 0.25) is 5.02 Å². The topological polar surface area (TPSA) is 55.9 Å². The highest BCUT2D eigenvalue weighted by Crippen LogP contribution is 2.26. The molecule has 0 bridgehead atoms. The second kappa shape index (κ2) is 12.2. The predicted molar refractivity (Wildman–Crippen MR) is 137 cm³/mol. The van der Waals surface area contributed by atoms with E-state index in [1.165, 1.54) is 0 Å². The van der Waals surface area contributed by atoms with Crippen LogP contribution < -0.4 is 10.2 Å². The highest BCUT2D eigenvalue weighted by Gasteiger charge is 2.28. The van der Waals surface area contributed by atoms with E-state index in [9.17, 15) is 9.59 Å². The maximum Gasteiger partial charge on any atom is 0.227 e. The molecule has 34 heavy (non-hydrogen) atoms. The Morgan fingerprint density at radius 1 is 0.941 bits per heavy atom. The number of likely N-dealkylation sites (tertiary alicyclic amines) is 1. The largest absolute Gasteiger partial charge is 0.368 e. The zero-order valence-corrected chi connectivity index (χ0v) is 20.6. The van der Waals surface area contributed by atoms with Crippen LogP contribution in [-0.2, 0) is 16.0 Å². The highest BCUT2D eigenvalue weighted by molar-refractivity contribution is 6.33. The number of amides is 2. The van der Waals surface area contributed by atoms with Gasteiger partial charge in [-0.25, -0.2) is 0 Å². The van der Waals surface area contributed by atoms with Gasteiger partial charge in [-0.2, -0.15) is 0 Å². The summed E-state index contributed by atoms with van der Waals surface area (Å²) in [6, 6.07) is 17.8. The minimum absolute atomic E-state index is 0.0840. The maximum absolute atomic E-state index is 12.7. The van der Waals surface area contributed by atoms with E-state index in [4.69, 9.17) is 11.6 Å². The summed E-state index contributed by atoms with van der Waals surface area (Å²) in [5.74, 6) is 0.0908. The van der Waals surface area contributed by atoms with Crippen molar-refractivity contribution in [2.45, 2.75) is 25.7 Å². The fourth-order valence-corrected chi connectivity index (χ4v) is 5.13. The minimum Gasteiger partial charge on any atom is -0.368 e. The van der Waals surface area contributed by atoms with E-state index in [1.807, 2.05) is 53.4 Å². The molecule has 1 unspecified atom stereocenters. The van der Waals surface area contributed by atoms with Gasteiger partial charge in [0.15, 0.2) is 0 Å². The first kappa shape index (κ1) is 24.6. The van der Waals surface area contributed by atoms with Gasteiger partial charge in [-0.05, 0) is 43.5 Å². The molecule has 0 saturated carbocycles. The molecule has 7 heteroatoms. The average Bonchev–Trinajstić information content (AvgIpc) is 2.88. The SMILES string of the molecule is O=C(NCCCN1CCN(c2ccccc2Cl)CC1)C1CCCN(C(=O)Cc2ccccc2)C1. The quantitative estimate of drug-likeness (QED) is 0.585. The molecule has 2 fully saturated rings. The number of hydrogen-bond acceptors (Lipinski definition) is 4. The Kier molecular flexibility index (Phi) is 8.83. The van der Waals surface area contributed by atoms with E-state index in [0.717, 1.165) is 74.8 Å². The predicted octanol–water partition coefficient (Wildman–Crippen LogP) is 3.45. The van der Waals surface area contributed by atoms with Gasteiger partial charge in [0.2, 0.25) is 11.8 Å². The summed E-state index contributed by atoms with van der Waals surface area (Å²) in [5, 5.41) is 3.92. The molecule has 0 radical (unpaired) electrons. The van der Waals surface area contributed by atoms with Crippen molar-refractivity contribution in [3.05, 3.63) is 65.2 Å². The number of piperidine rings is 1. The lowest BCUT2D eigenvalue weighted by Gasteiger charge is -2.36. The third-order valence-corrected chi connectivity index (χ3v) is 7.18. The summed E-state index contributed by atoms with van der Waals surface area (Å²) in [6.07, 6.45) is 3.07. The summed E-state index contributed by atoms with van der Waals surface area (Å²) >= 11 is 6.34. The number of hydrogen-bond donors (Lipinski definition) is 1. The van der Waals surface area contributed by atoms with Crippen LogP contribution in [0.15, 0.2) is 54.6 Å². The van der Waals surface area contributed by atoms with Gasteiger partial charge in [-0.15, -0.1) is 0 Å². The lowest BCUT2D eigenvalue weighted by molar-refractivity contribution is -0.135. The molecule has 6 nitrogen and oxygen atoms in total. The van der Waals surface area contributed by atoms with E-state index >= 15 is 0 Å². The van der Waals surface area contributed by atoms with Crippen molar-refractivity contribution in [2.24, 2.45) is 5.92 Å². The first-order chi connectivity index (χ1) is 16.6. The second-order valence-corrected chi connectivity index (χ2v) is 9.67. The third-order valence-electron chi connectivity index (χ3n) is 6.86. The molecule has 2 aromatic carbocycles. The van der Waals surface area contributed by atoms with Crippen molar-refractivity contribution in [2.75, 3.05) is 57.3 Å². The van der Waals surface area contributed by atoms with Crippen LogP contribution in [0.4, 0.5) is 5.69 Å². The van der Waals surface area contributed by atoms with Gasteiger partial charge in [-0.1, -0.05) is 54.1 Å². The van der Waals surface area contributed by atoms with Crippen LogP contribution in [0.1, 0.15) is 24.8 Å². The molecule has 0 spiro atoms. The standard InChI is InChI=1S/C27H35ClN4O2/c28-24-11-4-5-12-25(24)31-18-16-30(17-19-31)14-7-13-29-27(34)23-10-6-15-32(21-23)26(33)20-22-8-2-1-3-9-22/h1-5,8-9,11-12,23H,6-7,10,13-21H2,(H,29,34). The van der Waals surface area contributed by atoms with Crippen molar-refractivity contribution in [1.82, 2.24) is 15.1 Å². The summed E-state index contributed by atoms with van der Waals surface area (Å²) in [5.41, 5.74) is 2.13. The summed E-state index contributed by atoms with van der Waals surface area (Å²) in [6.45, 7) is 6.86. The average molecular weight is 483 g/mol. The summed E-state index contributed by atoms with van der Waals surface area (Å²) < 4.78 is 0. The van der Waals surface area contributed by atoms with Crippen molar-refractivity contribution < 1.29 is 9.59 Å². The van der Waals surface area contributed by atoms with Gasteiger partial charge >= 0.3 is 0 Å². The smallest absolute Gasteiger partial charge is 0.227 e. The van der Waals surface area contributed by atoms with Gasteiger partial charge in [0, 0.05) is 45.8 Å². The Hall–Kier alpha value is -2.57. The molecular weight excluding hydrogens is 448 g/mol. The van der Waals surface area contributed by atoms with Gasteiger partial charge in [0.05, 0.1) is 23.0 Å². The number of piperazine rings is 1. The number of benzene rings is 2. The highest BCUT2D eigenvalue weighted by atomic mass is 35.5. The molecular formula is C27H35ClN4O2. The Balaban J connectivity index is 1.13. The van der Waals surface area contributed by atoms with Gasteiger partial charge in [0.1, 0.15) is 0 Å². The summed E-state index contributed by atoms with van der Waals surface area (Å²) in [7, 11) is 0. The van der Waals surface area contributed by atoms with E-state index in [2.05, 4.69) is 21.2 Å². The number of carbonyl (C=O) groups is 2. The Labute approximate surface area is 207 Å². The third kappa shape index (κ3) is 6.73. The van der Waals surface area contributed by atoms with Crippen molar-refractivity contribution in [3.63, 3.8) is 0 Å². The van der Waals surface area contributed by atoms with E-state index < -0.39 is 0 Å². The molecule has 2 aliphatic rings. The Morgan fingerprint density at radius 3 is 2.44 bits per heavy atom. The van der Waals surface area contributed by atoms with Crippen molar-refractivity contribution in [1.29, 1.82) is 0 Å². The Morgan fingerprint density at radius 2 is 1.68 bits per heavy atom. The van der Waals surface area contributed by atoms with E-state index in [0.29, 0.717) is 19.5 Å². The number of rotatable bonds is 8. The number of nitrogens with zero attached hydrogens (tertiary/aromatic N) is 3. The monoisotopic (exact) mass is 482 g/mol. The zero-order chi connectivity index (χ0) is 23.8. The maximum atomic E-state index is 12.7. The molecule has 2 aliphatic heterocycles. The van der Waals surface area contributed by atoms with Crippen LogP contribution in [-0.4, -0.2) is 74.0 Å². The normalized spacial score (nSPS) is 19.1. The van der Waals surface area contributed by atoms with Crippen molar-refractivity contribution >= 4 is 29.1 Å². The molecule has 0 aliphatic carbocycles. The number of nitrogens with one attached hydrogen (secondary N) is 1. The first-order valence-electron chi connectivity index (χ1n) is 12.4. The van der Waals surface area contributed by atoms with E-state index in [-0.39, 0.29) is 17.7 Å². The molecule has 1 N–H and O–H groups in total. The molecule has 0 aromatic heterocycles.